The maximum atomic E-state index is 14.0. The van der Waals surface area contributed by atoms with Gasteiger partial charge in [0.15, 0.2) is 24.2 Å². The lowest BCUT2D eigenvalue weighted by Crippen LogP contribution is -2.56. The molecule has 4 saturated heterocycles. The third-order valence-electron chi connectivity index (χ3n) is 18.3. The number of ether oxygens (including phenoxy) is 10. The summed E-state index contributed by atoms with van der Waals surface area (Å²) in [4.78, 5) is 28.0. The van der Waals surface area contributed by atoms with Crippen molar-refractivity contribution in [2.45, 2.75) is 270 Å². The average Bonchev–Trinajstić information content (AvgIpc) is 2.83. The number of carbonyl (C=O) groups is 2. The van der Waals surface area contributed by atoms with E-state index < -0.39 is 121 Å². The normalized spacial score (nSPS) is 40.0. The quantitative estimate of drug-likeness (QED) is 0.0627. The van der Waals surface area contributed by atoms with Gasteiger partial charge in [-0.3, -0.25) is 0 Å². The third-order valence-corrected chi connectivity index (χ3v) is 18.3. The molecule has 0 aromatic carbocycles. The van der Waals surface area contributed by atoms with Crippen LogP contribution in [0, 0.1) is 35.5 Å². The molecular formula is C64H104O18. The van der Waals surface area contributed by atoms with Crippen molar-refractivity contribution in [3.05, 3.63) is 71.9 Å². The summed E-state index contributed by atoms with van der Waals surface area (Å²) in [7, 11) is 3.08. The zero-order valence-electron chi connectivity index (χ0n) is 51.5. The number of hydrogen-bond acceptors (Lipinski definition) is 18. The number of esters is 2. The Labute approximate surface area is 489 Å². The highest BCUT2D eigenvalue weighted by Gasteiger charge is 2.52. The van der Waals surface area contributed by atoms with Crippen molar-refractivity contribution < 1.29 is 87.6 Å². The van der Waals surface area contributed by atoms with Crippen LogP contribution in [0.25, 0.3) is 0 Å². The SMILES string of the molecule is CCC1=CC=CC(CC)C(C(C)C(O)CC2(OC)CC(OC3CC(O)C(O)C(C)O3)C(CC)C(C)O2)OC(=O)C=CC(CC)=CC=CC(CC)C(C(C)C(O)CC2(OC)CC(OC3CC(O)C(O)C(C)O3)C(CC)C(C)O2)OC(=O)C=C1. The van der Waals surface area contributed by atoms with Crippen LogP contribution in [0.4, 0.5) is 0 Å². The Morgan fingerprint density at radius 2 is 0.927 bits per heavy atom. The van der Waals surface area contributed by atoms with Crippen LogP contribution in [-0.4, -0.2) is 166 Å². The van der Waals surface area contributed by atoms with Gasteiger partial charge in [0.2, 0.25) is 0 Å². The van der Waals surface area contributed by atoms with E-state index in [1.54, 1.807) is 26.0 Å². The van der Waals surface area contributed by atoms with Crippen molar-refractivity contribution in [1.29, 1.82) is 0 Å². The van der Waals surface area contributed by atoms with Crippen LogP contribution in [0.3, 0.4) is 0 Å². The van der Waals surface area contributed by atoms with E-state index in [2.05, 4.69) is 0 Å². The number of rotatable bonds is 20. The standard InChI is InChI=1S/C64H104O18/c1-15-43-23-21-25-45(17-3)61(37(7)51(67)33-63(73-13)35-53(47(19-5)39(9)81-63)77-57-31-49(65)59(71)41(11)75-57)80-56(70)30-28-44(16-2)24-22-26-46(18-4)62(79-55(69)29-27-43)38(8)52(68)34-64(74-14)36-54(48(20-6)40(10)82-64)78-58-32-50(66)60(72)42(12)76-58/h21-30,37-42,45-54,57-62,65-68,71-72H,15-20,31-36H2,1-14H3. The molecular weight excluding hydrogens is 1060 g/mol. The zero-order chi connectivity index (χ0) is 60.6. The van der Waals surface area contributed by atoms with Crippen molar-refractivity contribution in [3.8, 4) is 0 Å². The highest BCUT2D eigenvalue weighted by atomic mass is 16.7. The molecule has 0 aromatic rings. The van der Waals surface area contributed by atoms with E-state index in [1.807, 2.05) is 106 Å². The Kier molecular flexibility index (Phi) is 27.6. The van der Waals surface area contributed by atoms with Gasteiger partial charge in [-0.2, -0.15) is 0 Å². The first-order valence-corrected chi connectivity index (χ1v) is 30.6. The molecule has 5 heterocycles. The fourth-order valence-electron chi connectivity index (χ4n) is 12.8. The van der Waals surface area contributed by atoms with Gasteiger partial charge < -0.3 is 78.0 Å². The predicted octanol–water partition coefficient (Wildman–Crippen LogP) is 8.39. The molecule has 18 heteroatoms. The average molecular weight is 1160 g/mol. The van der Waals surface area contributed by atoms with Gasteiger partial charge in [-0.1, -0.05) is 104 Å². The van der Waals surface area contributed by atoms with E-state index in [4.69, 9.17) is 47.4 Å². The number of allylic oxidation sites excluding steroid dienone is 8. The zero-order valence-corrected chi connectivity index (χ0v) is 51.5. The van der Waals surface area contributed by atoms with E-state index >= 15 is 0 Å². The fraction of sp³-hybridized carbons (Fsp3) is 0.781. The van der Waals surface area contributed by atoms with Gasteiger partial charge in [-0.15, -0.1) is 0 Å². The molecule has 468 valence electrons. The number of carbonyl (C=O) groups excluding carboxylic acids is 2. The van der Waals surface area contributed by atoms with E-state index in [0.29, 0.717) is 25.7 Å². The highest BCUT2D eigenvalue weighted by molar-refractivity contribution is 5.83. The molecule has 5 aliphatic rings. The Balaban J connectivity index is 1.39. The largest absolute Gasteiger partial charge is 0.458 e. The summed E-state index contributed by atoms with van der Waals surface area (Å²) in [5, 5.41) is 66.3. The topological polar surface area (TPSA) is 248 Å². The first-order chi connectivity index (χ1) is 38.9. The molecule has 4 fully saturated rings. The molecule has 5 rings (SSSR count). The minimum Gasteiger partial charge on any atom is -0.458 e. The molecule has 18 nitrogen and oxygen atoms in total. The Morgan fingerprint density at radius 1 is 0.561 bits per heavy atom. The van der Waals surface area contributed by atoms with Gasteiger partial charge in [0.1, 0.15) is 24.4 Å². The number of aliphatic hydroxyl groups excluding tert-OH is 6. The van der Waals surface area contributed by atoms with Gasteiger partial charge in [0.05, 0.1) is 61.0 Å². The van der Waals surface area contributed by atoms with Crippen molar-refractivity contribution >= 4 is 11.9 Å². The van der Waals surface area contributed by atoms with Crippen LogP contribution in [0.1, 0.15) is 160 Å². The summed E-state index contributed by atoms with van der Waals surface area (Å²) < 4.78 is 63.3. The smallest absolute Gasteiger partial charge is 0.331 e. The lowest BCUT2D eigenvalue weighted by atomic mass is 9.80. The number of methoxy groups -OCH3 is 2. The van der Waals surface area contributed by atoms with E-state index in [-0.39, 0.29) is 74.4 Å². The summed E-state index contributed by atoms with van der Waals surface area (Å²) in [5.41, 5.74) is 1.63. The second-order valence-electron chi connectivity index (χ2n) is 23.7. The maximum absolute atomic E-state index is 14.0. The molecule has 24 unspecified atom stereocenters. The second-order valence-corrected chi connectivity index (χ2v) is 23.7. The summed E-state index contributed by atoms with van der Waals surface area (Å²) in [6.07, 6.45) is 9.96. The van der Waals surface area contributed by atoms with Crippen LogP contribution in [0.15, 0.2) is 71.9 Å². The summed E-state index contributed by atoms with van der Waals surface area (Å²) in [5.74, 6) is -5.81. The van der Waals surface area contributed by atoms with Gasteiger partial charge >= 0.3 is 11.9 Å². The number of hydrogen-bond donors (Lipinski definition) is 6. The summed E-state index contributed by atoms with van der Waals surface area (Å²) >= 11 is 0. The van der Waals surface area contributed by atoms with Crippen LogP contribution >= 0.6 is 0 Å². The fourth-order valence-corrected chi connectivity index (χ4v) is 12.8. The third kappa shape index (κ3) is 18.4. The molecule has 0 aliphatic carbocycles. The molecule has 0 radical (unpaired) electrons. The van der Waals surface area contributed by atoms with Gasteiger partial charge in [-0.05, 0) is 77.4 Å². The molecule has 0 spiro atoms. The van der Waals surface area contributed by atoms with E-state index in [1.165, 1.54) is 26.4 Å². The predicted molar refractivity (Wildman–Crippen MR) is 309 cm³/mol. The van der Waals surface area contributed by atoms with Gasteiger partial charge in [-0.25, -0.2) is 9.59 Å². The van der Waals surface area contributed by atoms with Crippen LogP contribution in [0.2, 0.25) is 0 Å². The van der Waals surface area contributed by atoms with Crippen molar-refractivity contribution in [2.24, 2.45) is 35.5 Å². The van der Waals surface area contributed by atoms with Gasteiger partial charge in [0.25, 0.3) is 0 Å². The lowest BCUT2D eigenvalue weighted by Gasteiger charge is -2.49. The van der Waals surface area contributed by atoms with Crippen molar-refractivity contribution in [2.75, 3.05) is 14.2 Å². The van der Waals surface area contributed by atoms with E-state index in [0.717, 1.165) is 24.0 Å². The van der Waals surface area contributed by atoms with Gasteiger partial charge in [0, 0.05) is 100 Å². The second kappa shape index (κ2) is 32.5. The van der Waals surface area contributed by atoms with Crippen LogP contribution in [0.5, 0.6) is 0 Å². The molecule has 0 amide bonds. The summed E-state index contributed by atoms with van der Waals surface area (Å²) in [6, 6.07) is 0. The molecule has 0 saturated carbocycles. The van der Waals surface area contributed by atoms with Crippen molar-refractivity contribution in [1.82, 2.24) is 0 Å². The molecule has 0 bridgehead atoms. The van der Waals surface area contributed by atoms with E-state index in [9.17, 15) is 40.2 Å². The minimum absolute atomic E-state index is 0.0271. The lowest BCUT2D eigenvalue weighted by molar-refractivity contribution is -0.337. The Hall–Kier alpha value is -3.18. The molecule has 5 aliphatic heterocycles. The first-order valence-electron chi connectivity index (χ1n) is 30.6. The first kappa shape index (κ1) is 69.6. The molecule has 6 N–H and O–H groups in total. The molecule has 0 aromatic heterocycles. The van der Waals surface area contributed by atoms with Crippen LogP contribution < -0.4 is 0 Å². The Morgan fingerprint density at radius 3 is 1.23 bits per heavy atom. The molecule has 82 heavy (non-hydrogen) atoms. The highest BCUT2D eigenvalue weighted by Crippen LogP contribution is 2.44. The minimum atomic E-state index is -1.29. The number of cyclic esters (lactones) is 2. The monoisotopic (exact) mass is 1160 g/mol. The summed E-state index contributed by atoms with van der Waals surface area (Å²) in [6.45, 7) is 23.0. The van der Waals surface area contributed by atoms with Crippen molar-refractivity contribution in [3.63, 3.8) is 0 Å². The van der Waals surface area contributed by atoms with Crippen LogP contribution in [-0.2, 0) is 57.0 Å². The Bertz CT molecular complexity index is 1990. The maximum Gasteiger partial charge on any atom is 0.331 e. The molecule has 24 atom stereocenters. The number of aliphatic hydroxyl groups is 6.